The van der Waals surface area contributed by atoms with E-state index in [4.69, 9.17) is 0 Å². The van der Waals surface area contributed by atoms with Gasteiger partial charge in [0.05, 0.1) is 6.20 Å². The fraction of sp³-hybridized carbons (Fsp3) is 0.385. The van der Waals surface area contributed by atoms with Crippen molar-refractivity contribution in [1.82, 2.24) is 20.1 Å². The van der Waals surface area contributed by atoms with Gasteiger partial charge < -0.3 is 5.32 Å². The summed E-state index contributed by atoms with van der Waals surface area (Å²) in [6.45, 7) is 4.30. The van der Waals surface area contributed by atoms with Crippen molar-refractivity contribution in [2.45, 2.75) is 25.9 Å². The second kappa shape index (κ2) is 5.10. The molecule has 4 heteroatoms. The van der Waals surface area contributed by atoms with Crippen molar-refractivity contribution in [2.75, 3.05) is 0 Å². The van der Waals surface area contributed by atoms with Crippen LogP contribution in [0.5, 0.6) is 0 Å². The fourth-order valence-corrected chi connectivity index (χ4v) is 1.88. The molecule has 2 unspecified atom stereocenters. The van der Waals surface area contributed by atoms with Gasteiger partial charge in [-0.05, 0) is 31.5 Å². The van der Waals surface area contributed by atoms with E-state index in [1.54, 1.807) is 0 Å². The Morgan fingerprint density at radius 1 is 1.12 bits per heavy atom. The molecule has 0 fully saturated rings. The van der Waals surface area contributed by atoms with Crippen LogP contribution in [0.2, 0.25) is 0 Å². The highest BCUT2D eigenvalue weighted by atomic mass is 15.2. The summed E-state index contributed by atoms with van der Waals surface area (Å²) in [6.07, 6.45) is 7.58. The molecule has 0 aliphatic rings. The zero-order valence-electron chi connectivity index (χ0n) is 10.5. The molecule has 17 heavy (non-hydrogen) atoms. The van der Waals surface area contributed by atoms with Crippen LogP contribution in [0.3, 0.4) is 0 Å². The topological polar surface area (TPSA) is 42.7 Å². The lowest BCUT2D eigenvalue weighted by atomic mass is 10.1. The van der Waals surface area contributed by atoms with E-state index in [9.17, 15) is 0 Å². The summed E-state index contributed by atoms with van der Waals surface area (Å²) < 4.78 is 1.82. The molecule has 0 saturated heterocycles. The second-order valence-corrected chi connectivity index (χ2v) is 4.34. The van der Waals surface area contributed by atoms with E-state index in [0.29, 0.717) is 6.04 Å². The van der Waals surface area contributed by atoms with Gasteiger partial charge in [-0.15, -0.1) is 0 Å². The van der Waals surface area contributed by atoms with Gasteiger partial charge in [0, 0.05) is 43.3 Å². The van der Waals surface area contributed by atoms with Crippen LogP contribution < -0.4 is 5.32 Å². The summed E-state index contributed by atoms with van der Waals surface area (Å²) in [7, 11) is 1.93. The normalized spacial score (nSPS) is 14.5. The Kier molecular flexibility index (Phi) is 3.54. The summed E-state index contributed by atoms with van der Waals surface area (Å²) in [5, 5.41) is 7.73. The van der Waals surface area contributed by atoms with E-state index in [1.165, 1.54) is 11.1 Å². The van der Waals surface area contributed by atoms with Gasteiger partial charge in [-0.2, -0.15) is 5.10 Å². The fourth-order valence-electron chi connectivity index (χ4n) is 1.88. The number of rotatable bonds is 4. The van der Waals surface area contributed by atoms with Crippen LogP contribution in [0, 0.1) is 0 Å². The lowest BCUT2D eigenvalue weighted by Crippen LogP contribution is -2.22. The standard InChI is InChI=1S/C13H18N4/c1-10(12-4-6-14-7-5-12)16-11(2)13-8-15-17(3)9-13/h4-11,16H,1-3H3. The molecule has 0 bridgehead atoms. The van der Waals surface area contributed by atoms with Crippen LogP contribution in [0.4, 0.5) is 0 Å². The molecular weight excluding hydrogens is 212 g/mol. The van der Waals surface area contributed by atoms with Crippen LogP contribution in [-0.2, 0) is 7.05 Å². The molecule has 90 valence electrons. The van der Waals surface area contributed by atoms with Gasteiger partial charge >= 0.3 is 0 Å². The summed E-state index contributed by atoms with van der Waals surface area (Å²) in [4.78, 5) is 4.03. The first kappa shape index (κ1) is 11.8. The SMILES string of the molecule is CC(NC(C)c1cnn(C)c1)c1ccncc1. The summed E-state index contributed by atoms with van der Waals surface area (Å²) in [5.41, 5.74) is 2.45. The van der Waals surface area contributed by atoms with Gasteiger partial charge in [-0.1, -0.05) is 0 Å². The number of nitrogens with one attached hydrogen (secondary N) is 1. The molecular formula is C13H18N4. The molecule has 0 aromatic carbocycles. The molecule has 1 N–H and O–H groups in total. The molecule has 0 amide bonds. The van der Waals surface area contributed by atoms with E-state index in [-0.39, 0.29) is 6.04 Å². The van der Waals surface area contributed by atoms with Gasteiger partial charge in [0.1, 0.15) is 0 Å². The number of pyridine rings is 1. The van der Waals surface area contributed by atoms with Crippen LogP contribution in [0.1, 0.15) is 37.1 Å². The summed E-state index contributed by atoms with van der Waals surface area (Å²) >= 11 is 0. The zero-order valence-corrected chi connectivity index (χ0v) is 10.5. The van der Waals surface area contributed by atoms with Gasteiger partial charge in [-0.25, -0.2) is 0 Å². The van der Waals surface area contributed by atoms with Crippen LogP contribution in [0.15, 0.2) is 36.9 Å². The highest BCUT2D eigenvalue weighted by molar-refractivity contribution is 5.16. The first-order chi connectivity index (χ1) is 8.16. The molecule has 2 atom stereocenters. The molecule has 0 aliphatic carbocycles. The van der Waals surface area contributed by atoms with Crippen molar-refractivity contribution in [2.24, 2.45) is 7.05 Å². The number of aromatic nitrogens is 3. The number of hydrogen-bond acceptors (Lipinski definition) is 3. The highest BCUT2D eigenvalue weighted by Crippen LogP contribution is 2.18. The van der Waals surface area contributed by atoms with Gasteiger partial charge in [-0.3, -0.25) is 9.67 Å². The zero-order chi connectivity index (χ0) is 12.3. The Balaban J connectivity index is 2.02. The first-order valence-electron chi connectivity index (χ1n) is 5.81. The predicted octanol–water partition coefficient (Wildman–Crippen LogP) is 2.23. The third-order valence-corrected chi connectivity index (χ3v) is 2.93. The monoisotopic (exact) mass is 230 g/mol. The van der Waals surface area contributed by atoms with E-state index in [1.807, 2.05) is 48.6 Å². The minimum atomic E-state index is 0.284. The maximum atomic E-state index is 4.18. The number of nitrogens with zero attached hydrogens (tertiary/aromatic N) is 3. The molecule has 2 rings (SSSR count). The average molecular weight is 230 g/mol. The third kappa shape index (κ3) is 2.91. The molecule has 0 aliphatic heterocycles. The molecule has 0 radical (unpaired) electrons. The Hall–Kier alpha value is -1.68. The first-order valence-corrected chi connectivity index (χ1v) is 5.81. The predicted molar refractivity (Wildman–Crippen MR) is 67.4 cm³/mol. The minimum absolute atomic E-state index is 0.284. The van der Waals surface area contributed by atoms with Crippen LogP contribution in [-0.4, -0.2) is 14.8 Å². The molecule has 0 spiro atoms. The maximum absolute atomic E-state index is 4.18. The third-order valence-electron chi connectivity index (χ3n) is 2.93. The minimum Gasteiger partial charge on any atom is -0.304 e. The molecule has 2 heterocycles. The summed E-state index contributed by atoms with van der Waals surface area (Å²) in [5.74, 6) is 0. The molecule has 0 saturated carbocycles. The Morgan fingerprint density at radius 2 is 1.76 bits per heavy atom. The van der Waals surface area contributed by atoms with Gasteiger partial charge in [0.25, 0.3) is 0 Å². The molecule has 2 aromatic heterocycles. The quantitative estimate of drug-likeness (QED) is 0.875. The maximum Gasteiger partial charge on any atom is 0.0537 e. The average Bonchev–Trinajstić information content (AvgIpc) is 2.77. The largest absolute Gasteiger partial charge is 0.304 e. The smallest absolute Gasteiger partial charge is 0.0537 e. The van der Waals surface area contributed by atoms with Crippen molar-refractivity contribution in [3.05, 3.63) is 48.0 Å². The molecule has 4 nitrogen and oxygen atoms in total. The second-order valence-electron chi connectivity index (χ2n) is 4.34. The highest BCUT2D eigenvalue weighted by Gasteiger charge is 2.11. The molecule has 2 aromatic rings. The Morgan fingerprint density at radius 3 is 2.35 bits per heavy atom. The number of aryl methyl sites for hydroxylation is 1. The van der Waals surface area contributed by atoms with E-state index in [0.717, 1.165) is 0 Å². The lowest BCUT2D eigenvalue weighted by molar-refractivity contribution is 0.494. The van der Waals surface area contributed by atoms with Crippen LogP contribution >= 0.6 is 0 Å². The van der Waals surface area contributed by atoms with Gasteiger partial charge in [0.2, 0.25) is 0 Å². The summed E-state index contributed by atoms with van der Waals surface area (Å²) in [6, 6.07) is 4.65. The Labute approximate surface area is 102 Å². The van der Waals surface area contributed by atoms with E-state index < -0.39 is 0 Å². The lowest BCUT2D eigenvalue weighted by Gasteiger charge is -2.19. The van der Waals surface area contributed by atoms with Crippen molar-refractivity contribution in [3.8, 4) is 0 Å². The van der Waals surface area contributed by atoms with E-state index in [2.05, 4.69) is 29.2 Å². The van der Waals surface area contributed by atoms with Gasteiger partial charge in [0.15, 0.2) is 0 Å². The van der Waals surface area contributed by atoms with Crippen molar-refractivity contribution in [3.63, 3.8) is 0 Å². The number of hydrogen-bond donors (Lipinski definition) is 1. The van der Waals surface area contributed by atoms with Crippen molar-refractivity contribution in [1.29, 1.82) is 0 Å². The Bertz CT molecular complexity index is 463. The van der Waals surface area contributed by atoms with Crippen LogP contribution in [0.25, 0.3) is 0 Å². The van der Waals surface area contributed by atoms with Crippen molar-refractivity contribution >= 4 is 0 Å². The van der Waals surface area contributed by atoms with Crippen molar-refractivity contribution < 1.29 is 0 Å². The van der Waals surface area contributed by atoms with E-state index >= 15 is 0 Å².